The zero-order valence-electron chi connectivity index (χ0n) is 10.7. The molecule has 2 amide bonds. The normalized spacial score (nSPS) is 16.1. The van der Waals surface area contributed by atoms with Crippen LogP contribution in [0.5, 0.6) is 0 Å². The maximum Gasteiger partial charge on any atom is 0.411 e. The molecule has 0 atom stereocenters. The topological polar surface area (TPSA) is 91.3 Å². The smallest absolute Gasteiger partial charge is 0.411 e. The maximum atomic E-state index is 12.6. The molecular formula is C12H12F3N3O3. The Hall–Kier alpha value is -2.32. The van der Waals surface area contributed by atoms with Crippen LogP contribution in [0.4, 0.5) is 18.0 Å². The van der Waals surface area contributed by atoms with Crippen LogP contribution >= 0.6 is 0 Å². The summed E-state index contributed by atoms with van der Waals surface area (Å²) in [5, 5.41) is 12.9. The number of aromatic carboxylic acids is 1. The number of aromatic nitrogens is 1. The molecule has 0 unspecified atom stereocenters. The van der Waals surface area contributed by atoms with Gasteiger partial charge in [-0.15, -0.1) is 0 Å². The van der Waals surface area contributed by atoms with Crippen LogP contribution in [-0.4, -0.2) is 33.8 Å². The third-order valence-electron chi connectivity index (χ3n) is 3.14. The molecule has 0 saturated heterocycles. The monoisotopic (exact) mass is 303 g/mol. The van der Waals surface area contributed by atoms with E-state index in [-0.39, 0.29) is 30.6 Å². The van der Waals surface area contributed by atoms with Crippen molar-refractivity contribution < 1.29 is 27.9 Å². The Morgan fingerprint density at radius 2 is 2.05 bits per heavy atom. The molecule has 3 N–H and O–H groups in total. The lowest BCUT2D eigenvalue weighted by molar-refractivity contribution is -0.162. The molecule has 1 saturated carbocycles. The minimum Gasteiger partial charge on any atom is -0.478 e. The standard InChI is InChI=1S/C12H12F3N3O3/c13-12(14,15)11(2-3-11)18-10(21)17-6-8-5-7(9(19)20)1-4-16-8/h1,4-5H,2-3,6H2,(H,19,20)(H2,17,18,21). The van der Waals surface area contributed by atoms with E-state index in [2.05, 4.69) is 10.3 Å². The average molecular weight is 303 g/mol. The second-order valence-corrected chi connectivity index (χ2v) is 4.73. The number of carbonyl (C=O) groups excluding carboxylic acids is 1. The van der Waals surface area contributed by atoms with Crippen LogP contribution < -0.4 is 10.6 Å². The first kappa shape index (κ1) is 15.1. The molecule has 9 heteroatoms. The number of rotatable bonds is 4. The number of carbonyl (C=O) groups is 2. The van der Waals surface area contributed by atoms with Crippen molar-refractivity contribution in [2.24, 2.45) is 0 Å². The van der Waals surface area contributed by atoms with Crippen molar-refractivity contribution in [2.75, 3.05) is 0 Å². The number of carboxylic acid groups (broad SMARTS) is 1. The number of amides is 2. The first-order valence-corrected chi connectivity index (χ1v) is 6.04. The van der Waals surface area contributed by atoms with Crippen LogP contribution in [0.2, 0.25) is 0 Å². The number of alkyl halides is 3. The predicted molar refractivity (Wildman–Crippen MR) is 64.6 cm³/mol. The van der Waals surface area contributed by atoms with Crippen LogP contribution in [-0.2, 0) is 6.54 Å². The van der Waals surface area contributed by atoms with Gasteiger partial charge in [-0.1, -0.05) is 0 Å². The van der Waals surface area contributed by atoms with Gasteiger partial charge in [0.05, 0.1) is 17.8 Å². The Morgan fingerprint density at radius 3 is 2.57 bits per heavy atom. The summed E-state index contributed by atoms with van der Waals surface area (Å²) < 4.78 is 37.9. The SMILES string of the molecule is O=C(NCc1cc(C(=O)O)ccn1)NC1(C(F)(F)F)CC1. The van der Waals surface area contributed by atoms with Gasteiger partial charge in [0.15, 0.2) is 0 Å². The lowest BCUT2D eigenvalue weighted by atomic mass is 10.2. The van der Waals surface area contributed by atoms with E-state index in [9.17, 15) is 22.8 Å². The predicted octanol–water partition coefficient (Wildman–Crippen LogP) is 1.67. The van der Waals surface area contributed by atoms with Gasteiger partial charge in [-0.2, -0.15) is 13.2 Å². The third-order valence-corrected chi connectivity index (χ3v) is 3.14. The molecule has 1 aliphatic carbocycles. The molecule has 0 aromatic carbocycles. The summed E-state index contributed by atoms with van der Waals surface area (Å²) in [5.41, 5.74) is -1.91. The van der Waals surface area contributed by atoms with Gasteiger partial charge in [-0.05, 0) is 25.0 Å². The van der Waals surface area contributed by atoms with E-state index in [0.717, 1.165) is 0 Å². The average Bonchev–Trinajstić information content (AvgIpc) is 3.17. The highest BCUT2D eigenvalue weighted by Gasteiger charge is 2.64. The van der Waals surface area contributed by atoms with Gasteiger partial charge in [0.2, 0.25) is 0 Å². The molecular weight excluding hydrogens is 291 g/mol. The van der Waals surface area contributed by atoms with Gasteiger partial charge in [0, 0.05) is 6.20 Å². The Bertz CT molecular complexity index is 570. The van der Waals surface area contributed by atoms with Crippen LogP contribution in [0.15, 0.2) is 18.3 Å². The second-order valence-electron chi connectivity index (χ2n) is 4.73. The molecule has 0 bridgehead atoms. The van der Waals surface area contributed by atoms with E-state index in [1.165, 1.54) is 18.3 Å². The molecule has 1 aliphatic rings. The number of carboxylic acids is 1. The van der Waals surface area contributed by atoms with Gasteiger partial charge >= 0.3 is 18.2 Å². The van der Waals surface area contributed by atoms with Crippen LogP contribution in [0.3, 0.4) is 0 Å². The Kier molecular flexibility index (Phi) is 3.75. The molecule has 1 fully saturated rings. The first-order valence-electron chi connectivity index (χ1n) is 6.04. The van der Waals surface area contributed by atoms with Crippen LogP contribution in [0, 0.1) is 0 Å². The fourth-order valence-electron chi connectivity index (χ4n) is 1.74. The molecule has 0 radical (unpaired) electrons. The Balaban J connectivity index is 1.90. The van der Waals surface area contributed by atoms with E-state index >= 15 is 0 Å². The molecule has 1 heterocycles. The van der Waals surface area contributed by atoms with Crippen molar-refractivity contribution in [3.8, 4) is 0 Å². The van der Waals surface area contributed by atoms with Crippen molar-refractivity contribution in [2.45, 2.75) is 31.1 Å². The molecule has 114 valence electrons. The molecule has 0 spiro atoms. The quantitative estimate of drug-likeness (QED) is 0.789. The highest BCUT2D eigenvalue weighted by atomic mass is 19.4. The molecule has 2 rings (SSSR count). The molecule has 1 aromatic rings. The summed E-state index contributed by atoms with van der Waals surface area (Å²) in [6, 6.07) is 1.54. The van der Waals surface area contributed by atoms with E-state index < -0.39 is 23.7 Å². The van der Waals surface area contributed by atoms with Crippen molar-refractivity contribution >= 4 is 12.0 Å². The number of hydrogen-bond donors (Lipinski definition) is 3. The minimum absolute atomic E-state index is 0.0174. The largest absolute Gasteiger partial charge is 0.478 e. The summed E-state index contributed by atoms with van der Waals surface area (Å²) in [7, 11) is 0. The summed E-state index contributed by atoms with van der Waals surface area (Å²) >= 11 is 0. The van der Waals surface area contributed by atoms with Crippen molar-refractivity contribution in [3.63, 3.8) is 0 Å². The highest BCUT2D eigenvalue weighted by Crippen LogP contribution is 2.48. The van der Waals surface area contributed by atoms with Gasteiger partial charge in [-0.25, -0.2) is 9.59 Å². The lowest BCUT2D eigenvalue weighted by Gasteiger charge is -2.20. The van der Waals surface area contributed by atoms with Gasteiger partial charge in [0.25, 0.3) is 0 Å². The zero-order chi connectivity index (χ0) is 15.7. The highest BCUT2D eigenvalue weighted by molar-refractivity contribution is 5.87. The molecule has 21 heavy (non-hydrogen) atoms. The van der Waals surface area contributed by atoms with Gasteiger partial charge in [-0.3, -0.25) is 4.98 Å². The Morgan fingerprint density at radius 1 is 1.38 bits per heavy atom. The maximum absolute atomic E-state index is 12.6. The fraction of sp³-hybridized carbons (Fsp3) is 0.417. The number of halogens is 3. The van der Waals surface area contributed by atoms with Crippen molar-refractivity contribution in [1.82, 2.24) is 15.6 Å². The Labute approximate surface area is 117 Å². The van der Waals surface area contributed by atoms with Crippen molar-refractivity contribution in [1.29, 1.82) is 0 Å². The van der Waals surface area contributed by atoms with Gasteiger partial charge < -0.3 is 15.7 Å². The minimum atomic E-state index is -4.48. The summed E-state index contributed by atoms with van der Waals surface area (Å²) in [6.07, 6.45) is -3.52. The van der Waals surface area contributed by atoms with Crippen molar-refractivity contribution in [3.05, 3.63) is 29.6 Å². The lowest BCUT2D eigenvalue weighted by Crippen LogP contribution is -2.51. The molecule has 0 aliphatic heterocycles. The number of urea groups is 1. The van der Waals surface area contributed by atoms with E-state index in [0.29, 0.717) is 0 Å². The zero-order valence-corrected chi connectivity index (χ0v) is 10.7. The van der Waals surface area contributed by atoms with Crippen LogP contribution in [0.1, 0.15) is 28.9 Å². The summed E-state index contributed by atoms with van der Waals surface area (Å²) in [6.45, 7) is -0.166. The van der Waals surface area contributed by atoms with E-state index in [1.807, 2.05) is 5.32 Å². The van der Waals surface area contributed by atoms with E-state index in [4.69, 9.17) is 5.11 Å². The summed E-state index contributed by atoms with van der Waals surface area (Å²) in [5.74, 6) is -1.16. The number of pyridine rings is 1. The van der Waals surface area contributed by atoms with E-state index in [1.54, 1.807) is 0 Å². The van der Waals surface area contributed by atoms with Gasteiger partial charge in [0.1, 0.15) is 5.54 Å². The number of nitrogens with zero attached hydrogens (tertiary/aromatic N) is 1. The fourth-order valence-corrected chi connectivity index (χ4v) is 1.74. The molecule has 6 nitrogen and oxygen atoms in total. The third kappa shape index (κ3) is 3.41. The number of hydrogen-bond acceptors (Lipinski definition) is 3. The number of nitrogens with one attached hydrogen (secondary N) is 2. The first-order chi connectivity index (χ1) is 9.73. The van der Waals surface area contributed by atoms with Crippen LogP contribution in [0.25, 0.3) is 0 Å². The molecule has 1 aromatic heterocycles. The summed E-state index contributed by atoms with van der Waals surface area (Å²) in [4.78, 5) is 26.0. The second kappa shape index (κ2) is 5.23.